The molecule has 1 aromatic carbocycles. The van der Waals surface area contributed by atoms with Crippen molar-refractivity contribution in [2.45, 2.75) is 19.5 Å². The summed E-state index contributed by atoms with van der Waals surface area (Å²) in [6, 6.07) is 4.56. The van der Waals surface area contributed by atoms with Gasteiger partial charge in [-0.2, -0.15) is 28.1 Å². The molecular weight excluding hydrogens is 271 g/mol. The van der Waals surface area contributed by atoms with Gasteiger partial charge in [-0.05, 0) is 24.3 Å². The summed E-state index contributed by atoms with van der Waals surface area (Å²) in [6.07, 6.45) is -3.78. The Morgan fingerprint density at radius 3 is 2.30 bits per heavy atom. The molecule has 0 saturated heterocycles. The van der Waals surface area contributed by atoms with Crippen molar-refractivity contribution in [2.24, 2.45) is 0 Å². The van der Waals surface area contributed by atoms with Crippen molar-refractivity contribution in [2.75, 3.05) is 11.1 Å². The zero-order valence-corrected chi connectivity index (χ0v) is 10.6. The van der Waals surface area contributed by atoms with Gasteiger partial charge in [0.25, 0.3) is 0 Å². The highest BCUT2D eigenvalue weighted by atomic mass is 19.4. The van der Waals surface area contributed by atoms with Gasteiger partial charge in [0.2, 0.25) is 11.9 Å². The molecule has 20 heavy (non-hydrogen) atoms. The van der Waals surface area contributed by atoms with Gasteiger partial charge in [-0.3, -0.25) is 0 Å². The van der Waals surface area contributed by atoms with Crippen LogP contribution in [0.1, 0.15) is 18.3 Å². The molecule has 0 aliphatic heterocycles. The third-order valence-corrected chi connectivity index (χ3v) is 2.48. The van der Waals surface area contributed by atoms with Crippen LogP contribution >= 0.6 is 0 Å². The summed E-state index contributed by atoms with van der Waals surface area (Å²) in [6.45, 7) is 1.86. The Morgan fingerprint density at radius 2 is 1.75 bits per heavy atom. The first kappa shape index (κ1) is 14.0. The number of aryl methyl sites for hydroxylation is 1. The Kier molecular flexibility index (Phi) is 3.73. The topological polar surface area (TPSA) is 76.7 Å². The number of benzene rings is 1. The fourth-order valence-corrected chi connectivity index (χ4v) is 1.52. The number of nitrogens with one attached hydrogen (secondary N) is 1. The molecule has 0 amide bonds. The van der Waals surface area contributed by atoms with E-state index in [0.717, 1.165) is 12.1 Å². The van der Waals surface area contributed by atoms with Crippen LogP contribution in [0.3, 0.4) is 0 Å². The second-order valence-corrected chi connectivity index (χ2v) is 3.99. The lowest BCUT2D eigenvalue weighted by molar-refractivity contribution is -0.137. The number of aromatic nitrogens is 3. The van der Waals surface area contributed by atoms with Crippen molar-refractivity contribution < 1.29 is 13.2 Å². The van der Waals surface area contributed by atoms with E-state index in [2.05, 4.69) is 20.3 Å². The Balaban J connectivity index is 2.20. The molecule has 5 nitrogen and oxygen atoms in total. The molecule has 0 aliphatic rings. The van der Waals surface area contributed by atoms with Gasteiger partial charge in [-0.25, -0.2) is 0 Å². The molecule has 0 saturated carbocycles. The molecule has 0 fully saturated rings. The highest BCUT2D eigenvalue weighted by Crippen LogP contribution is 2.30. The molecule has 8 heteroatoms. The standard InChI is InChI=1S/C12H12F3N5/c1-2-9-18-10(16)20-11(19-9)17-8-5-3-7(4-6-8)12(13,14)15/h3-6H,2H2,1H3,(H3,16,17,18,19,20). The Labute approximate surface area is 113 Å². The van der Waals surface area contributed by atoms with E-state index in [0.29, 0.717) is 17.9 Å². The number of hydrogen-bond acceptors (Lipinski definition) is 5. The average Bonchev–Trinajstić information content (AvgIpc) is 2.37. The van der Waals surface area contributed by atoms with Crippen molar-refractivity contribution in [3.8, 4) is 0 Å². The molecule has 0 unspecified atom stereocenters. The molecule has 0 spiro atoms. The second kappa shape index (κ2) is 5.32. The lowest BCUT2D eigenvalue weighted by Gasteiger charge is -2.09. The highest BCUT2D eigenvalue weighted by Gasteiger charge is 2.29. The predicted octanol–water partition coefficient (Wildman–Crippen LogP) is 2.78. The van der Waals surface area contributed by atoms with Crippen LogP contribution < -0.4 is 11.1 Å². The first-order chi connectivity index (χ1) is 9.38. The number of rotatable bonds is 3. The van der Waals surface area contributed by atoms with E-state index >= 15 is 0 Å². The largest absolute Gasteiger partial charge is 0.416 e. The quantitative estimate of drug-likeness (QED) is 0.905. The molecule has 0 aliphatic carbocycles. The second-order valence-electron chi connectivity index (χ2n) is 3.99. The van der Waals surface area contributed by atoms with E-state index in [9.17, 15) is 13.2 Å². The van der Waals surface area contributed by atoms with Gasteiger partial charge < -0.3 is 11.1 Å². The van der Waals surface area contributed by atoms with Gasteiger partial charge in [-0.15, -0.1) is 0 Å². The van der Waals surface area contributed by atoms with Gasteiger partial charge in [0.1, 0.15) is 5.82 Å². The molecule has 2 aromatic rings. The van der Waals surface area contributed by atoms with Crippen LogP contribution in [-0.4, -0.2) is 15.0 Å². The summed E-state index contributed by atoms with van der Waals surface area (Å²) in [5.41, 5.74) is 5.24. The van der Waals surface area contributed by atoms with E-state index in [4.69, 9.17) is 5.73 Å². The van der Waals surface area contributed by atoms with Crippen molar-refractivity contribution in [3.05, 3.63) is 35.7 Å². The summed E-state index contributed by atoms with van der Waals surface area (Å²) in [7, 11) is 0. The number of anilines is 3. The molecule has 0 radical (unpaired) electrons. The number of halogens is 3. The lowest BCUT2D eigenvalue weighted by Crippen LogP contribution is -2.07. The van der Waals surface area contributed by atoms with Gasteiger partial charge in [0, 0.05) is 12.1 Å². The minimum Gasteiger partial charge on any atom is -0.368 e. The Morgan fingerprint density at radius 1 is 1.10 bits per heavy atom. The minimum absolute atomic E-state index is 0.0614. The monoisotopic (exact) mass is 283 g/mol. The van der Waals surface area contributed by atoms with Crippen LogP contribution in [0.2, 0.25) is 0 Å². The Bertz CT molecular complexity index is 595. The fraction of sp³-hybridized carbons (Fsp3) is 0.250. The molecule has 2 rings (SSSR count). The lowest BCUT2D eigenvalue weighted by atomic mass is 10.2. The minimum atomic E-state index is -4.36. The fourth-order valence-electron chi connectivity index (χ4n) is 1.52. The first-order valence-corrected chi connectivity index (χ1v) is 5.83. The van der Waals surface area contributed by atoms with Crippen molar-refractivity contribution >= 4 is 17.6 Å². The van der Waals surface area contributed by atoms with Gasteiger partial charge in [-0.1, -0.05) is 6.92 Å². The van der Waals surface area contributed by atoms with Crippen LogP contribution in [0.15, 0.2) is 24.3 Å². The van der Waals surface area contributed by atoms with E-state index in [1.165, 1.54) is 12.1 Å². The van der Waals surface area contributed by atoms with E-state index < -0.39 is 11.7 Å². The van der Waals surface area contributed by atoms with E-state index in [-0.39, 0.29) is 11.9 Å². The van der Waals surface area contributed by atoms with Crippen LogP contribution in [0, 0.1) is 0 Å². The van der Waals surface area contributed by atoms with Crippen LogP contribution in [0.5, 0.6) is 0 Å². The molecule has 0 bridgehead atoms. The SMILES string of the molecule is CCc1nc(N)nc(Nc2ccc(C(F)(F)F)cc2)n1. The first-order valence-electron chi connectivity index (χ1n) is 5.83. The molecular formula is C12H12F3N5. The molecule has 1 heterocycles. The third-order valence-electron chi connectivity index (χ3n) is 2.48. The molecule has 3 N–H and O–H groups in total. The maximum Gasteiger partial charge on any atom is 0.416 e. The maximum atomic E-state index is 12.4. The number of alkyl halides is 3. The number of hydrogen-bond donors (Lipinski definition) is 2. The van der Waals surface area contributed by atoms with Gasteiger partial charge in [0.15, 0.2) is 0 Å². The predicted molar refractivity (Wildman–Crippen MR) is 68.3 cm³/mol. The number of nitrogens with two attached hydrogens (primary N) is 1. The van der Waals surface area contributed by atoms with Gasteiger partial charge >= 0.3 is 6.18 Å². The molecule has 106 valence electrons. The zero-order chi connectivity index (χ0) is 14.8. The van der Waals surface area contributed by atoms with Crippen LogP contribution in [0.25, 0.3) is 0 Å². The van der Waals surface area contributed by atoms with E-state index in [1.54, 1.807) is 0 Å². The summed E-state index contributed by atoms with van der Waals surface area (Å²) in [4.78, 5) is 11.9. The Hall–Kier alpha value is -2.38. The number of nitrogens with zero attached hydrogens (tertiary/aromatic N) is 3. The maximum absolute atomic E-state index is 12.4. The zero-order valence-electron chi connectivity index (χ0n) is 10.6. The van der Waals surface area contributed by atoms with Gasteiger partial charge in [0.05, 0.1) is 5.56 Å². The third kappa shape index (κ3) is 3.34. The normalized spacial score (nSPS) is 11.4. The van der Waals surface area contributed by atoms with Crippen molar-refractivity contribution in [1.82, 2.24) is 15.0 Å². The van der Waals surface area contributed by atoms with E-state index in [1.807, 2.05) is 6.92 Å². The van der Waals surface area contributed by atoms with Crippen molar-refractivity contribution in [1.29, 1.82) is 0 Å². The molecule has 0 atom stereocenters. The van der Waals surface area contributed by atoms with Crippen LogP contribution in [0.4, 0.5) is 30.8 Å². The molecule has 1 aromatic heterocycles. The highest BCUT2D eigenvalue weighted by molar-refractivity contribution is 5.54. The average molecular weight is 283 g/mol. The smallest absolute Gasteiger partial charge is 0.368 e. The van der Waals surface area contributed by atoms with Crippen LogP contribution in [-0.2, 0) is 12.6 Å². The van der Waals surface area contributed by atoms with Crippen molar-refractivity contribution in [3.63, 3.8) is 0 Å². The summed E-state index contributed by atoms with van der Waals surface area (Å²) in [5.74, 6) is 0.771. The number of nitrogen functional groups attached to an aromatic ring is 1. The summed E-state index contributed by atoms with van der Waals surface area (Å²) >= 11 is 0. The summed E-state index contributed by atoms with van der Waals surface area (Å²) < 4.78 is 37.3. The summed E-state index contributed by atoms with van der Waals surface area (Å²) in [5, 5.41) is 2.79.